The van der Waals surface area contributed by atoms with Gasteiger partial charge in [-0.1, -0.05) is 18.5 Å². The summed E-state index contributed by atoms with van der Waals surface area (Å²) >= 11 is 7.84. The molecule has 2 aromatic rings. The Morgan fingerprint density at radius 3 is 2.75 bits per heavy atom. The second-order valence-corrected chi connectivity index (χ2v) is 5.94. The summed E-state index contributed by atoms with van der Waals surface area (Å²) in [5.74, 6) is 0.472. The summed E-state index contributed by atoms with van der Waals surface area (Å²) in [5, 5.41) is 5.61. The third-order valence-electron chi connectivity index (χ3n) is 3.06. The van der Waals surface area contributed by atoms with Gasteiger partial charge >= 0.3 is 0 Å². The predicted molar refractivity (Wildman–Crippen MR) is 82.3 cm³/mol. The molecule has 0 aliphatic rings. The van der Waals surface area contributed by atoms with E-state index in [9.17, 15) is 4.39 Å². The minimum atomic E-state index is -1.21. The van der Waals surface area contributed by atoms with Crippen molar-refractivity contribution >= 4 is 28.8 Å². The zero-order valence-electron chi connectivity index (χ0n) is 11.7. The third kappa shape index (κ3) is 3.27. The van der Waals surface area contributed by atoms with Crippen LogP contribution >= 0.6 is 22.9 Å². The summed E-state index contributed by atoms with van der Waals surface area (Å²) < 4.78 is 13.4. The number of hydrogen-bond acceptors (Lipinski definition) is 4. The number of thiophene rings is 1. The molecule has 0 saturated heterocycles. The molecule has 3 nitrogen and oxygen atoms in total. The molecule has 0 aliphatic carbocycles. The molecule has 2 rings (SSSR count). The van der Waals surface area contributed by atoms with Crippen LogP contribution in [0.1, 0.15) is 49.1 Å². The molecule has 2 atom stereocenters. The first-order valence-corrected chi connectivity index (χ1v) is 7.77. The summed E-state index contributed by atoms with van der Waals surface area (Å²) in [6.07, 6.45) is 1.13. The molecular weight excluding hydrogens is 297 g/mol. The molecule has 0 aliphatic heterocycles. The fourth-order valence-corrected chi connectivity index (χ4v) is 3.15. The number of rotatable bonds is 5. The molecule has 0 saturated carbocycles. The fraction of sp³-hybridized carbons (Fsp3) is 0.429. The molecule has 6 heteroatoms. The van der Waals surface area contributed by atoms with E-state index >= 15 is 0 Å². The molecule has 0 amide bonds. The van der Waals surface area contributed by atoms with Crippen molar-refractivity contribution in [2.24, 2.45) is 0 Å². The van der Waals surface area contributed by atoms with E-state index in [1.54, 1.807) is 11.3 Å². The Morgan fingerprint density at radius 2 is 2.15 bits per heavy atom. The summed E-state index contributed by atoms with van der Waals surface area (Å²) in [6.45, 7) is 5.57. The Bertz CT molecular complexity index is 586. The van der Waals surface area contributed by atoms with Crippen molar-refractivity contribution in [2.75, 3.05) is 5.32 Å². The molecule has 1 N–H and O–H groups in total. The van der Waals surface area contributed by atoms with Crippen molar-refractivity contribution in [1.29, 1.82) is 0 Å². The van der Waals surface area contributed by atoms with Gasteiger partial charge in [0.25, 0.3) is 0 Å². The molecule has 0 fully saturated rings. The van der Waals surface area contributed by atoms with Crippen LogP contribution in [0.25, 0.3) is 0 Å². The van der Waals surface area contributed by atoms with Crippen LogP contribution < -0.4 is 5.32 Å². The standard InChI is InChI=1S/C14H17ClFN3S/c1-4-10-5-11(20-6-10)9(3)19-14-12(15)13(8(2)16)17-7-18-14/h5-9H,4H2,1-3H3,(H,17,18,19). The first kappa shape index (κ1) is 15.2. The quantitative estimate of drug-likeness (QED) is 0.848. The SMILES string of the molecule is CCc1csc(C(C)Nc2ncnc(C(C)F)c2Cl)c1. The lowest BCUT2D eigenvalue weighted by Crippen LogP contribution is -2.09. The molecule has 2 unspecified atom stereocenters. The molecule has 2 heterocycles. The Labute approximate surface area is 127 Å². The van der Waals surface area contributed by atoms with Gasteiger partial charge in [0.15, 0.2) is 0 Å². The van der Waals surface area contributed by atoms with Crippen LogP contribution in [0.15, 0.2) is 17.8 Å². The molecule has 0 bridgehead atoms. The molecule has 108 valence electrons. The highest BCUT2D eigenvalue weighted by Crippen LogP contribution is 2.31. The van der Waals surface area contributed by atoms with Gasteiger partial charge in [0.1, 0.15) is 23.3 Å². The Hall–Kier alpha value is -1.20. The predicted octanol–water partition coefficient (Wildman–Crippen LogP) is 4.96. The van der Waals surface area contributed by atoms with E-state index in [2.05, 4.69) is 33.7 Å². The van der Waals surface area contributed by atoms with Crippen molar-refractivity contribution in [1.82, 2.24) is 9.97 Å². The molecule has 0 radical (unpaired) electrons. The maximum atomic E-state index is 13.4. The van der Waals surface area contributed by atoms with Gasteiger partial charge in [0, 0.05) is 4.88 Å². The molecular formula is C14H17ClFN3S. The monoisotopic (exact) mass is 313 g/mol. The van der Waals surface area contributed by atoms with Gasteiger partial charge in [-0.3, -0.25) is 0 Å². The summed E-state index contributed by atoms with van der Waals surface area (Å²) in [5.41, 5.74) is 1.53. The van der Waals surface area contributed by atoms with Gasteiger partial charge < -0.3 is 5.32 Å². The number of hydrogen-bond donors (Lipinski definition) is 1. The van der Waals surface area contributed by atoms with E-state index < -0.39 is 6.17 Å². The van der Waals surface area contributed by atoms with Crippen LogP contribution in [0.2, 0.25) is 5.02 Å². The van der Waals surface area contributed by atoms with Crippen molar-refractivity contribution < 1.29 is 4.39 Å². The average Bonchev–Trinajstić information content (AvgIpc) is 2.89. The van der Waals surface area contributed by atoms with E-state index in [4.69, 9.17) is 11.6 Å². The zero-order chi connectivity index (χ0) is 14.7. The highest BCUT2D eigenvalue weighted by molar-refractivity contribution is 7.10. The maximum absolute atomic E-state index is 13.4. The normalized spacial score (nSPS) is 14.1. The van der Waals surface area contributed by atoms with E-state index in [1.165, 1.54) is 23.7 Å². The van der Waals surface area contributed by atoms with Gasteiger partial charge in [-0.05, 0) is 37.3 Å². The number of aromatic nitrogens is 2. The number of aryl methyl sites for hydroxylation is 1. The molecule has 2 aromatic heterocycles. The van der Waals surface area contributed by atoms with E-state index in [0.717, 1.165) is 6.42 Å². The Balaban J connectivity index is 2.19. The van der Waals surface area contributed by atoms with Gasteiger partial charge in [0.2, 0.25) is 0 Å². The topological polar surface area (TPSA) is 37.8 Å². The second kappa shape index (κ2) is 6.50. The third-order valence-corrected chi connectivity index (χ3v) is 4.59. The van der Waals surface area contributed by atoms with Crippen LogP contribution in [0.5, 0.6) is 0 Å². The fourth-order valence-electron chi connectivity index (χ4n) is 1.84. The van der Waals surface area contributed by atoms with Crippen LogP contribution in [0.4, 0.5) is 10.2 Å². The molecule has 0 spiro atoms. The van der Waals surface area contributed by atoms with Gasteiger partial charge in [-0.15, -0.1) is 11.3 Å². The second-order valence-electron chi connectivity index (χ2n) is 4.61. The summed E-state index contributed by atoms with van der Waals surface area (Å²) in [6, 6.07) is 2.23. The summed E-state index contributed by atoms with van der Waals surface area (Å²) in [7, 11) is 0. The number of nitrogens with one attached hydrogen (secondary N) is 1. The lowest BCUT2D eigenvalue weighted by atomic mass is 10.2. The lowest BCUT2D eigenvalue weighted by Gasteiger charge is -2.15. The first-order valence-electron chi connectivity index (χ1n) is 6.51. The Kier molecular flexibility index (Phi) is 4.94. The van der Waals surface area contributed by atoms with Crippen LogP contribution in [-0.4, -0.2) is 9.97 Å². The van der Waals surface area contributed by atoms with Crippen molar-refractivity contribution in [3.05, 3.63) is 38.9 Å². The van der Waals surface area contributed by atoms with Gasteiger partial charge in [0.05, 0.1) is 11.7 Å². The average molecular weight is 314 g/mol. The minimum Gasteiger partial charge on any atom is -0.361 e. The number of alkyl halides is 1. The lowest BCUT2D eigenvalue weighted by molar-refractivity contribution is 0.365. The van der Waals surface area contributed by atoms with Crippen molar-refractivity contribution in [3.8, 4) is 0 Å². The molecule has 20 heavy (non-hydrogen) atoms. The number of nitrogens with zero attached hydrogens (tertiary/aromatic N) is 2. The highest BCUT2D eigenvalue weighted by Gasteiger charge is 2.17. The zero-order valence-corrected chi connectivity index (χ0v) is 13.2. The van der Waals surface area contributed by atoms with E-state index in [1.807, 2.05) is 6.92 Å². The van der Waals surface area contributed by atoms with Gasteiger partial charge in [-0.2, -0.15) is 0 Å². The van der Waals surface area contributed by atoms with Crippen LogP contribution in [0, 0.1) is 0 Å². The van der Waals surface area contributed by atoms with Gasteiger partial charge in [-0.25, -0.2) is 14.4 Å². The Morgan fingerprint density at radius 1 is 1.40 bits per heavy atom. The molecule has 0 aromatic carbocycles. The van der Waals surface area contributed by atoms with Crippen molar-refractivity contribution in [2.45, 2.75) is 39.4 Å². The van der Waals surface area contributed by atoms with Crippen LogP contribution in [-0.2, 0) is 6.42 Å². The smallest absolute Gasteiger partial charge is 0.149 e. The number of halogens is 2. The largest absolute Gasteiger partial charge is 0.361 e. The van der Waals surface area contributed by atoms with Crippen molar-refractivity contribution in [3.63, 3.8) is 0 Å². The first-order chi connectivity index (χ1) is 9.52. The van der Waals surface area contributed by atoms with E-state index in [-0.39, 0.29) is 16.8 Å². The van der Waals surface area contributed by atoms with E-state index in [0.29, 0.717) is 5.82 Å². The summed E-state index contributed by atoms with van der Waals surface area (Å²) in [4.78, 5) is 9.18. The van der Waals surface area contributed by atoms with Crippen LogP contribution in [0.3, 0.4) is 0 Å². The minimum absolute atomic E-state index is 0.0652. The maximum Gasteiger partial charge on any atom is 0.149 e. The highest BCUT2D eigenvalue weighted by atomic mass is 35.5. The number of anilines is 1.